The Hall–Kier alpha value is -3.15. The molecule has 6 heteroatoms. The van der Waals surface area contributed by atoms with Gasteiger partial charge in [0.2, 0.25) is 11.8 Å². The molecule has 0 fully saturated rings. The molecule has 0 aliphatic heterocycles. The van der Waals surface area contributed by atoms with Crippen molar-refractivity contribution in [1.82, 2.24) is 5.43 Å². The van der Waals surface area contributed by atoms with Gasteiger partial charge in [0.25, 0.3) is 0 Å². The molecule has 0 aliphatic rings. The van der Waals surface area contributed by atoms with Crippen molar-refractivity contribution in [3.63, 3.8) is 0 Å². The Balaban J connectivity index is 1.79. The van der Waals surface area contributed by atoms with Crippen LogP contribution in [0.4, 0.5) is 5.69 Å². The van der Waals surface area contributed by atoms with E-state index in [0.29, 0.717) is 5.56 Å². The highest BCUT2D eigenvalue weighted by Gasteiger charge is 2.08. The van der Waals surface area contributed by atoms with E-state index in [1.165, 1.54) is 12.3 Å². The highest BCUT2D eigenvalue weighted by molar-refractivity contribution is 5.94. The first-order valence-electron chi connectivity index (χ1n) is 7.93. The summed E-state index contributed by atoms with van der Waals surface area (Å²) in [6, 6.07) is 12.3. The van der Waals surface area contributed by atoms with E-state index in [0.717, 1.165) is 16.8 Å². The molecule has 2 aromatic carbocycles. The molecule has 2 rings (SSSR count). The molecule has 25 heavy (non-hydrogen) atoms. The number of para-hydroxylation sites is 1. The average molecular weight is 339 g/mol. The van der Waals surface area contributed by atoms with Gasteiger partial charge in [-0.25, -0.2) is 5.43 Å². The van der Waals surface area contributed by atoms with E-state index < -0.39 is 0 Å². The minimum Gasteiger partial charge on any atom is -0.507 e. The lowest BCUT2D eigenvalue weighted by atomic mass is 10.1. The number of aromatic hydroxyl groups is 1. The molecular formula is C19H21N3O3. The zero-order valence-corrected chi connectivity index (χ0v) is 14.2. The molecule has 6 nitrogen and oxygen atoms in total. The van der Waals surface area contributed by atoms with Gasteiger partial charge in [0, 0.05) is 24.1 Å². The maximum Gasteiger partial charge on any atom is 0.240 e. The van der Waals surface area contributed by atoms with Gasteiger partial charge in [-0.1, -0.05) is 24.3 Å². The van der Waals surface area contributed by atoms with Gasteiger partial charge in [-0.3, -0.25) is 9.59 Å². The van der Waals surface area contributed by atoms with Gasteiger partial charge in [0.05, 0.1) is 6.21 Å². The van der Waals surface area contributed by atoms with Crippen molar-refractivity contribution in [2.45, 2.75) is 26.7 Å². The Morgan fingerprint density at radius 3 is 2.52 bits per heavy atom. The fourth-order valence-corrected chi connectivity index (χ4v) is 2.15. The van der Waals surface area contributed by atoms with E-state index >= 15 is 0 Å². The summed E-state index contributed by atoms with van der Waals surface area (Å²) in [6.07, 6.45) is 1.43. The summed E-state index contributed by atoms with van der Waals surface area (Å²) in [4.78, 5) is 23.7. The third-order valence-electron chi connectivity index (χ3n) is 3.79. The van der Waals surface area contributed by atoms with Crippen molar-refractivity contribution in [2.75, 3.05) is 5.32 Å². The van der Waals surface area contributed by atoms with E-state index in [1.807, 2.05) is 32.0 Å². The van der Waals surface area contributed by atoms with Crippen LogP contribution in [-0.4, -0.2) is 23.1 Å². The number of phenolic OH excluding ortho intramolecular Hbond substituents is 1. The summed E-state index contributed by atoms with van der Waals surface area (Å²) in [5, 5.41) is 16.2. The minimum absolute atomic E-state index is 0.0226. The fourth-order valence-electron chi connectivity index (χ4n) is 2.15. The predicted molar refractivity (Wildman–Crippen MR) is 97.6 cm³/mol. The Morgan fingerprint density at radius 2 is 1.76 bits per heavy atom. The van der Waals surface area contributed by atoms with Crippen LogP contribution in [0.15, 0.2) is 47.6 Å². The van der Waals surface area contributed by atoms with Crippen LogP contribution in [-0.2, 0) is 9.59 Å². The minimum atomic E-state index is -0.372. The number of benzene rings is 2. The summed E-state index contributed by atoms with van der Waals surface area (Å²) in [7, 11) is 0. The van der Waals surface area contributed by atoms with Crippen molar-refractivity contribution in [2.24, 2.45) is 5.10 Å². The Kier molecular flexibility index (Phi) is 6.28. The number of amides is 2. The molecule has 0 aromatic heterocycles. The van der Waals surface area contributed by atoms with Crippen LogP contribution >= 0.6 is 0 Å². The summed E-state index contributed by atoms with van der Waals surface area (Å²) < 4.78 is 0. The van der Waals surface area contributed by atoms with Gasteiger partial charge in [-0.15, -0.1) is 0 Å². The highest BCUT2D eigenvalue weighted by Crippen LogP contribution is 2.18. The van der Waals surface area contributed by atoms with Crippen LogP contribution in [0, 0.1) is 13.8 Å². The van der Waals surface area contributed by atoms with Crippen LogP contribution in [0.25, 0.3) is 0 Å². The lowest BCUT2D eigenvalue weighted by Gasteiger charge is -2.10. The number of hydrogen-bond acceptors (Lipinski definition) is 4. The van der Waals surface area contributed by atoms with E-state index in [9.17, 15) is 14.7 Å². The van der Waals surface area contributed by atoms with E-state index in [2.05, 4.69) is 15.8 Å². The topological polar surface area (TPSA) is 90.8 Å². The molecule has 2 aromatic rings. The number of aryl methyl sites for hydroxylation is 1. The maximum absolute atomic E-state index is 12.0. The monoisotopic (exact) mass is 339 g/mol. The second-order valence-corrected chi connectivity index (χ2v) is 5.65. The number of nitrogens with one attached hydrogen (secondary N) is 2. The van der Waals surface area contributed by atoms with Gasteiger partial charge in [0.1, 0.15) is 5.75 Å². The number of carbonyl (C=O) groups excluding carboxylic acids is 2. The molecule has 0 unspecified atom stereocenters. The lowest BCUT2D eigenvalue weighted by molar-refractivity contribution is -0.124. The predicted octanol–water partition coefficient (Wildman–Crippen LogP) is 2.88. The van der Waals surface area contributed by atoms with Crippen molar-refractivity contribution in [1.29, 1.82) is 0 Å². The molecule has 0 saturated heterocycles. The van der Waals surface area contributed by atoms with Crippen LogP contribution in [0.3, 0.4) is 0 Å². The number of phenols is 1. The standard InChI is InChI=1S/C19H21N3O3/c1-13-6-5-8-16(14(13)2)21-18(24)10-11-19(25)22-20-12-15-7-3-4-9-17(15)23/h3-9,12,23H,10-11H2,1-2H3,(H,21,24)(H,22,25)/b20-12+. The number of hydrazone groups is 1. The number of nitrogens with zero attached hydrogens (tertiary/aromatic N) is 1. The summed E-state index contributed by atoms with van der Waals surface area (Å²) >= 11 is 0. The van der Waals surface area contributed by atoms with Crippen molar-refractivity contribution in [3.8, 4) is 5.75 Å². The van der Waals surface area contributed by atoms with Crippen LogP contribution in [0.5, 0.6) is 5.75 Å². The van der Waals surface area contributed by atoms with E-state index in [-0.39, 0.29) is 30.4 Å². The third kappa shape index (κ3) is 5.46. The molecule has 3 N–H and O–H groups in total. The van der Waals surface area contributed by atoms with Crippen LogP contribution < -0.4 is 10.7 Å². The number of hydrogen-bond donors (Lipinski definition) is 3. The molecule has 0 aliphatic carbocycles. The largest absolute Gasteiger partial charge is 0.507 e. The molecule has 130 valence electrons. The van der Waals surface area contributed by atoms with Gasteiger partial charge in [0.15, 0.2) is 0 Å². The molecule has 0 bridgehead atoms. The third-order valence-corrected chi connectivity index (χ3v) is 3.79. The average Bonchev–Trinajstić information content (AvgIpc) is 2.59. The molecule has 2 amide bonds. The van der Waals surface area contributed by atoms with Crippen molar-refractivity contribution >= 4 is 23.7 Å². The van der Waals surface area contributed by atoms with Crippen LogP contribution in [0.1, 0.15) is 29.5 Å². The first kappa shape index (κ1) is 18.2. The smallest absolute Gasteiger partial charge is 0.240 e. The second-order valence-electron chi connectivity index (χ2n) is 5.65. The Labute approximate surface area is 146 Å². The van der Waals surface area contributed by atoms with E-state index in [1.54, 1.807) is 18.2 Å². The summed E-state index contributed by atoms with van der Waals surface area (Å²) in [5.74, 6) is -0.523. The first-order chi connectivity index (χ1) is 12.0. The molecule has 0 atom stereocenters. The molecule has 0 spiro atoms. The second kappa shape index (κ2) is 8.63. The van der Waals surface area contributed by atoms with Gasteiger partial charge in [-0.2, -0.15) is 5.10 Å². The fraction of sp³-hybridized carbons (Fsp3) is 0.211. The highest BCUT2D eigenvalue weighted by atomic mass is 16.3. The lowest BCUT2D eigenvalue weighted by Crippen LogP contribution is -2.21. The SMILES string of the molecule is Cc1cccc(NC(=O)CCC(=O)N/N=C/c2ccccc2O)c1C. The number of carbonyl (C=O) groups is 2. The quantitative estimate of drug-likeness (QED) is 0.558. The van der Waals surface area contributed by atoms with Gasteiger partial charge in [-0.05, 0) is 43.2 Å². The van der Waals surface area contributed by atoms with Crippen molar-refractivity contribution in [3.05, 3.63) is 59.2 Å². The molecule has 0 saturated carbocycles. The van der Waals surface area contributed by atoms with Gasteiger partial charge >= 0.3 is 0 Å². The Bertz CT molecular complexity index is 800. The van der Waals surface area contributed by atoms with Crippen molar-refractivity contribution < 1.29 is 14.7 Å². The summed E-state index contributed by atoms with van der Waals surface area (Å²) in [6.45, 7) is 3.91. The molecule has 0 radical (unpaired) electrons. The number of anilines is 1. The molecule has 0 heterocycles. The maximum atomic E-state index is 12.0. The molecular weight excluding hydrogens is 318 g/mol. The first-order valence-corrected chi connectivity index (χ1v) is 7.93. The zero-order chi connectivity index (χ0) is 18.2. The van der Waals surface area contributed by atoms with Gasteiger partial charge < -0.3 is 10.4 Å². The zero-order valence-electron chi connectivity index (χ0n) is 14.2. The van der Waals surface area contributed by atoms with Crippen LogP contribution in [0.2, 0.25) is 0 Å². The normalized spacial score (nSPS) is 10.6. The number of rotatable bonds is 6. The summed E-state index contributed by atoms with van der Waals surface area (Å²) in [5.41, 5.74) is 5.68. The van der Waals surface area contributed by atoms with E-state index in [4.69, 9.17) is 0 Å². The Morgan fingerprint density at radius 1 is 1.04 bits per heavy atom.